The van der Waals surface area contributed by atoms with Crippen LogP contribution in [0.2, 0.25) is 0 Å². The van der Waals surface area contributed by atoms with E-state index in [2.05, 4.69) is 0 Å². The van der Waals surface area contributed by atoms with Crippen molar-refractivity contribution in [2.45, 2.75) is 4.90 Å². The Morgan fingerprint density at radius 3 is 2.52 bits per heavy atom. The summed E-state index contributed by atoms with van der Waals surface area (Å²) in [5.41, 5.74) is 0. The molecule has 0 aromatic heterocycles. The van der Waals surface area contributed by atoms with Crippen molar-refractivity contribution >= 4 is 33.1 Å². The van der Waals surface area contributed by atoms with Crippen molar-refractivity contribution in [1.29, 1.82) is 0 Å². The molecule has 0 bridgehead atoms. The fraction of sp³-hybridized carbons (Fsp3) is 0.333. The van der Waals surface area contributed by atoms with Gasteiger partial charge >= 0.3 is 6.03 Å². The van der Waals surface area contributed by atoms with E-state index < -0.39 is 21.3 Å². The third-order valence-electron chi connectivity index (χ3n) is 2.86. The lowest BCUT2D eigenvalue weighted by molar-refractivity contribution is 0.206. The van der Waals surface area contributed by atoms with Crippen molar-refractivity contribution < 1.29 is 22.7 Å². The number of amides is 3. The molecular formula is C12H14N2O5S2. The van der Waals surface area contributed by atoms with Crippen LogP contribution in [-0.4, -0.2) is 55.3 Å². The molecular weight excluding hydrogens is 316 g/mol. The maximum Gasteiger partial charge on any atom is 0.341 e. The molecule has 9 heteroatoms. The maximum absolute atomic E-state index is 12.2. The number of hydrogen-bond acceptors (Lipinski definition) is 6. The normalized spacial score (nSPS) is 15.4. The summed E-state index contributed by atoms with van der Waals surface area (Å²) in [4.78, 5) is 25.6. The number of urea groups is 1. The molecule has 0 aliphatic carbocycles. The number of benzene rings is 1. The summed E-state index contributed by atoms with van der Waals surface area (Å²) in [6, 6.07) is 6.08. The number of thioether (sulfide) groups is 1. The van der Waals surface area contributed by atoms with E-state index in [0.29, 0.717) is 15.0 Å². The molecule has 1 heterocycles. The van der Waals surface area contributed by atoms with E-state index in [1.54, 1.807) is 24.3 Å². The van der Waals surface area contributed by atoms with Gasteiger partial charge in [0.05, 0.1) is 31.4 Å². The van der Waals surface area contributed by atoms with E-state index in [1.165, 1.54) is 7.11 Å². The number of rotatable bonds is 3. The number of sulfonamides is 1. The number of imide groups is 1. The van der Waals surface area contributed by atoms with Gasteiger partial charge in [-0.15, -0.1) is 0 Å². The van der Waals surface area contributed by atoms with Crippen LogP contribution in [0.15, 0.2) is 29.2 Å². The highest BCUT2D eigenvalue weighted by Gasteiger charge is 2.38. The van der Waals surface area contributed by atoms with Gasteiger partial charge in [0, 0.05) is 0 Å². The minimum absolute atomic E-state index is 0.0180. The number of carbonyl (C=O) groups excluding carboxylic acids is 2. The molecule has 0 N–H and O–H groups in total. The molecule has 7 nitrogen and oxygen atoms in total. The minimum Gasteiger partial charge on any atom is -0.496 e. The Morgan fingerprint density at radius 2 is 1.95 bits per heavy atom. The molecule has 0 spiro atoms. The van der Waals surface area contributed by atoms with Gasteiger partial charge in [0.2, 0.25) is 10.0 Å². The summed E-state index contributed by atoms with van der Waals surface area (Å²) < 4.78 is 28.6. The van der Waals surface area contributed by atoms with Gasteiger partial charge in [0.1, 0.15) is 5.75 Å². The van der Waals surface area contributed by atoms with Crippen LogP contribution in [0, 0.1) is 0 Å². The second-order valence-electron chi connectivity index (χ2n) is 4.29. The Morgan fingerprint density at radius 1 is 1.29 bits per heavy atom. The van der Waals surface area contributed by atoms with Crippen molar-refractivity contribution in [2.24, 2.45) is 0 Å². The van der Waals surface area contributed by atoms with Crippen molar-refractivity contribution in [3.8, 4) is 5.75 Å². The molecule has 1 aliphatic rings. The average molecular weight is 330 g/mol. The Bertz CT molecular complexity index is 674. The van der Waals surface area contributed by atoms with Crippen molar-refractivity contribution in [1.82, 2.24) is 9.21 Å². The zero-order valence-electron chi connectivity index (χ0n) is 11.5. The van der Waals surface area contributed by atoms with Crippen LogP contribution in [0.25, 0.3) is 0 Å². The highest BCUT2D eigenvalue weighted by atomic mass is 32.2. The van der Waals surface area contributed by atoms with Gasteiger partial charge in [-0.05, 0) is 23.9 Å². The number of nitrogens with zero attached hydrogens (tertiary/aromatic N) is 2. The van der Waals surface area contributed by atoms with Crippen molar-refractivity contribution in [3.63, 3.8) is 0 Å². The van der Waals surface area contributed by atoms with Gasteiger partial charge < -0.3 is 4.74 Å². The third kappa shape index (κ3) is 3.30. The van der Waals surface area contributed by atoms with Crippen LogP contribution in [0.1, 0.15) is 0 Å². The summed E-state index contributed by atoms with van der Waals surface area (Å²) in [5, 5.41) is -0.532. The second kappa shape index (κ2) is 5.94. The van der Waals surface area contributed by atoms with Gasteiger partial charge in [-0.2, -0.15) is 0 Å². The van der Waals surface area contributed by atoms with Crippen LogP contribution in [0.3, 0.4) is 0 Å². The van der Waals surface area contributed by atoms with Crippen LogP contribution in [0.4, 0.5) is 9.59 Å². The topological polar surface area (TPSA) is 84.0 Å². The van der Waals surface area contributed by atoms with E-state index in [-0.39, 0.29) is 13.1 Å². The number of ether oxygens (including phenoxy) is 1. The van der Waals surface area contributed by atoms with Gasteiger partial charge in [0.25, 0.3) is 5.24 Å². The molecule has 1 aliphatic heterocycles. The molecule has 2 rings (SSSR count). The van der Waals surface area contributed by atoms with Crippen LogP contribution >= 0.6 is 11.8 Å². The lowest BCUT2D eigenvalue weighted by atomic mass is 10.3. The minimum atomic E-state index is -3.65. The predicted octanol–water partition coefficient (Wildman–Crippen LogP) is 1.60. The molecule has 21 heavy (non-hydrogen) atoms. The number of hydrogen-bond donors (Lipinski definition) is 0. The van der Waals surface area contributed by atoms with Crippen LogP contribution in [-0.2, 0) is 10.0 Å². The maximum atomic E-state index is 12.2. The van der Waals surface area contributed by atoms with Crippen molar-refractivity contribution in [2.75, 3.05) is 26.5 Å². The predicted molar refractivity (Wildman–Crippen MR) is 77.9 cm³/mol. The first-order chi connectivity index (χ1) is 9.84. The van der Waals surface area contributed by atoms with Gasteiger partial charge in [-0.1, -0.05) is 12.1 Å². The highest BCUT2D eigenvalue weighted by molar-refractivity contribution is 8.13. The third-order valence-corrected chi connectivity index (χ3v) is 4.95. The fourth-order valence-electron chi connectivity index (χ4n) is 1.85. The molecule has 1 saturated heterocycles. The monoisotopic (exact) mass is 330 g/mol. The number of para-hydroxylation sites is 1. The van der Waals surface area contributed by atoms with Crippen LogP contribution in [0.5, 0.6) is 5.75 Å². The first kappa shape index (κ1) is 15.6. The Balaban J connectivity index is 2.14. The highest BCUT2D eigenvalue weighted by Crippen LogP contribution is 2.31. The Labute approximate surface area is 126 Å². The van der Waals surface area contributed by atoms with Crippen LogP contribution < -0.4 is 4.74 Å². The molecule has 1 fully saturated rings. The van der Waals surface area contributed by atoms with Crippen molar-refractivity contribution in [3.05, 3.63) is 24.3 Å². The van der Waals surface area contributed by atoms with E-state index in [4.69, 9.17) is 4.74 Å². The van der Waals surface area contributed by atoms with E-state index in [1.807, 2.05) is 0 Å². The first-order valence-electron chi connectivity index (χ1n) is 5.98. The lowest BCUT2D eigenvalue weighted by Crippen LogP contribution is -2.37. The standard InChI is InChI=1S/C12H14N2O5S2/c1-19-9-5-3-4-6-10(9)20-12(16)13-7-8-14(11(13)15)21(2,17)18/h3-6H,7-8H2,1-2H3. The summed E-state index contributed by atoms with van der Waals surface area (Å²) in [6.07, 6.45) is 0.937. The van der Waals surface area contributed by atoms with E-state index >= 15 is 0 Å². The second-order valence-corrected chi connectivity index (χ2v) is 7.19. The summed E-state index contributed by atoms with van der Waals surface area (Å²) in [7, 11) is -2.17. The SMILES string of the molecule is COc1ccccc1SC(=O)N1CCN(S(C)(=O)=O)C1=O. The smallest absolute Gasteiger partial charge is 0.341 e. The molecule has 114 valence electrons. The zero-order valence-corrected chi connectivity index (χ0v) is 13.1. The summed E-state index contributed by atoms with van der Waals surface area (Å²) in [5.74, 6) is 0.516. The van der Waals surface area contributed by atoms with Gasteiger partial charge in [0.15, 0.2) is 0 Å². The molecule has 0 unspecified atom stereocenters. The Hall–Kier alpha value is -1.74. The lowest BCUT2D eigenvalue weighted by Gasteiger charge is -2.15. The Kier molecular flexibility index (Phi) is 4.43. The van der Waals surface area contributed by atoms with Gasteiger partial charge in [-0.25, -0.2) is 17.5 Å². The molecule has 1 aromatic carbocycles. The average Bonchev–Trinajstić information content (AvgIpc) is 2.81. The zero-order chi connectivity index (χ0) is 15.6. The van der Waals surface area contributed by atoms with E-state index in [0.717, 1.165) is 22.9 Å². The van der Waals surface area contributed by atoms with Gasteiger partial charge in [-0.3, -0.25) is 9.69 Å². The molecule has 0 saturated carbocycles. The number of carbonyl (C=O) groups is 2. The summed E-state index contributed by atoms with van der Waals surface area (Å²) >= 11 is 0.828. The number of methoxy groups -OCH3 is 1. The summed E-state index contributed by atoms with van der Waals surface area (Å²) in [6.45, 7) is 0.0305. The first-order valence-corrected chi connectivity index (χ1v) is 8.65. The largest absolute Gasteiger partial charge is 0.496 e. The molecule has 3 amide bonds. The fourth-order valence-corrected chi connectivity index (χ4v) is 3.51. The quantitative estimate of drug-likeness (QED) is 0.783. The van der Waals surface area contributed by atoms with E-state index in [9.17, 15) is 18.0 Å². The molecule has 0 radical (unpaired) electrons. The molecule has 0 atom stereocenters. The molecule has 1 aromatic rings.